The number of hydrogen-bond acceptors (Lipinski definition) is 4. The second-order valence-electron chi connectivity index (χ2n) is 12.4. The molecule has 1 aliphatic carbocycles. The Kier molecular flexibility index (Phi) is 11.8. The summed E-state index contributed by atoms with van der Waals surface area (Å²) in [5.41, 5.74) is 3.67. The fourth-order valence-electron chi connectivity index (χ4n) is 6.06. The summed E-state index contributed by atoms with van der Waals surface area (Å²) in [7, 11) is -4.18. The number of carbonyl (C=O) groups is 2. The van der Waals surface area contributed by atoms with E-state index in [2.05, 4.69) is 5.32 Å². The summed E-state index contributed by atoms with van der Waals surface area (Å²) in [5.74, 6) is -0.827. The molecule has 0 spiro atoms. The highest BCUT2D eigenvalue weighted by atomic mass is 35.5. The third-order valence-corrected chi connectivity index (χ3v) is 11.3. The van der Waals surface area contributed by atoms with Crippen molar-refractivity contribution in [3.05, 3.63) is 129 Å². The number of nitrogens with zero attached hydrogens (tertiary/aromatic N) is 2. The van der Waals surface area contributed by atoms with Crippen molar-refractivity contribution in [2.75, 3.05) is 10.8 Å². The highest BCUT2D eigenvalue weighted by Gasteiger charge is 2.35. The zero-order valence-corrected chi connectivity index (χ0v) is 29.6. The van der Waals surface area contributed by atoms with Gasteiger partial charge in [-0.1, -0.05) is 103 Å². The molecular formula is C38H41Cl2N3O4S. The van der Waals surface area contributed by atoms with Gasteiger partial charge in [-0.25, -0.2) is 8.42 Å². The number of anilines is 1. The molecular weight excluding hydrogens is 665 g/mol. The number of halogens is 2. The van der Waals surface area contributed by atoms with E-state index >= 15 is 0 Å². The summed E-state index contributed by atoms with van der Waals surface area (Å²) in [6.45, 7) is 3.27. The summed E-state index contributed by atoms with van der Waals surface area (Å²) in [5, 5.41) is 4.00. The first-order chi connectivity index (χ1) is 23.0. The van der Waals surface area contributed by atoms with E-state index in [1.54, 1.807) is 48.5 Å². The van der Waals surface area contributed by atoms with Crippen LogP contribution in [0.3, 0.4) is 0 Å². The molecule has 0 heterocycles. The van der Waals surface area contributed by atoms with Gasteiger partial charge in [0, 0.05) is 29.1 Å². The summed E-state index contributed by atoms with van der Waals surface area (Å²) >= 11 is 12.8. The maximum absolute atomic E-state index is 14.7. The molecule has 2 amide bonds. The van der Waals surface area contributed by atoms with Crippen LogP contribution in [0.1, 0.15) is 54.4 Å². The molecule has 4 aromatic carbocycles. The molecule has 0 aromatic heterocycles. The minimum absolute atomic E-state index is 0.00563. The molecule has 1 fully saturated rings. The summed E-state index contributed by atoms with van der Waals surface area (Å²) in [6.07, 6.45) is 5.15. The number of nitrogens with one attached hydrogen (secondary N) is 1. The maximum atomic E-state index is 14.7. The average Bonchev–Trinajstić information content (AvgIpc) is 3.08. The van der Waals surface area contributed by atoms with Gasteiger partial charge in [-0.05, 0) is 85.3 Å². The van der Waals surface area contributed by atoms with E-state index in [1.807, 2.05) is 50.2 Å². The Hall–Kier alpha value is -3.85. The van der Waals surface area contributed by atoms with Crippen LogP contribution in [0, 0.1) is 13.8 Å². The van der Waals surface area contributed by atoms with Crippen molar-refractivity contribution in [3.63, 3.8) is 0 Å². The van der Waals surface area contributed by atoms with Crippen molar-refractivity contribution in [1.82, 2.24) is 10.2 Å². The predicted molar refractivity (Wildman–Crippen MR) is 193 cm³/mol. The first kappa shape index (κ1) is 35.5. The Morgan fingerprint density at radius 1 is 0.833 bits per heavy atom. The maximum Gasteiger partial charge on any atom is 0.264 e. The third kappa shape index (κ3) is 8.78. The van der Waals surface area contributed by atoms with Gasteiger partial charge in [0.2, 0.25) is 11.8 Å². The minimum atomic E-state index is -4.18. The SMILES string of the molecule is Cc1ccc(N(CC(=O)N(Cc2ccc(Cl)cc2Cl)[C@H](Cc2ccccc2)C(=O)NC2CCCCC2)S(=O)(=O)c2ccccc2)cc1C. The van der Waals surface area contributed by atoms with Crippen LogP contribution in [0.2, 0.25) is 10.0 Å². The van der Waals surface area contributed by atoms with Crippen molar-refractivity contribution >= 4 is 50.7 Å². The van der Waals surface area contributed by atoms with Crippen LogP contribution in [0.25, 0.3) is 0 Å². The van der Waals surface area contributed by atoms with E-state index in [0.29, 0.717) is 21.3 Å². The zero-order valence-electron chi connectivity index (χ0n) is 27.2. The lowest BCUT2D eigenvalue weighted by Crippen LogP contribution is -2.55. The van der Waals surface area contributed by atoms with Gasteiger partial charge in [0.1, 0.15) is 12.6 Å². The molecule has 4 aromatic rings. The van der Waals surface area contributed by atoms with Crippen LogP contribution < -0.4 is 9.62 Å². The van der Waals surface area contributed by atoms with E-state index in [-0.39, 0.29) is 29.8 Å². The molecule has 0 aliphatic heterocycles. The third-order valence-electron chi connectivity index (χ3n) is 8.97. The van der Waals surface area contributed by atoms with Crippen molar-refractivity contribution in [2.45, 2.75) is 75.9 Å². The van der Waals surface area contributed by atoms with Crippen LogP contribution in [0.4, 0.5) is 5.69 Å². The molecule has 1 atom stereocenters. The molecule has 0 unspecified atom stereocenters. The van der Waals surface area contributed by atoms with Gasteiger partial charge in [-0.15, -0.1) is 0 Å². The highest BCUT2D eigenvalue weighted by Crippen LogP contribution is 2.29. The predicted octanol–water partition coefficient (Wildman–Crippen LogP) is 7.89. The fraction of sp³-hybridized carbons (Fsp3) is 0.316. The zero-order chi connectivity index (χ0) is 34.3. The number of benzene rings is 4. The van der Waals surface area contributed by atoms with Gasteiger partial charge < -0.3 is 10.2 Å². The number of rotatable bonds is 12. The standard InChI is InChI=1S/C38H41Cl2N3O4S/c1-27-18-21-33(22-28(27)2)43(48(46,47)34-16-10-5-11-17-34)26-37(44)42(25-30-19-20-31(39)24-35(30)40)36(23-29-12-6-3-7-13-29)38(45)41-32-14-8-4-9-15-32/h3,5-7,10-13,16-22,24,32,36H,4,8-9,14-15,23,25-26H2,1-2H3,(H,41,45)/t36-/m1/s1. The molecule has 10 heteroatoms. The molecule has 1 N–H and O–H groups in total. The van der Waals surface area contributed by atoms with Crippen LogP contribution in [-0.2, 0) is 32.6 Å². The lowest BCUT2D eigenvalue weighted by atomic mass is 9.94. The second-order valence-corrected chi connectivity index (χ2v) is 15.1. The molecule has 252 valence electrons. The van der Waals surface area contributed by atoms with Gasteiger partial charge in [-0.2, -0.15) is 0 Å². The largest absolute Gasteiger partial charge is 0.352 e. The Morgan fingerprint density at radius 2 is 1.50 bits per heavy atom. The second kappa shape index (κ2) is 16.0. The Balaban J connectivity index is 1.59. The van der Waals surface area contributed by atoms with Gasteiger partial charge in [0.25, 0.3) is 10.0 Å². The molecule has 1 aliphatic rings. The van der Waals surface area contributed by atoms with Crippen molar-refractivity contribution in [1.29, 1.82) is 0 Å². The quantitative estimate of drug-likeness (QED) is 0.162. The summed E-state index contributed by atoms with van der Waals surface area (Å²) in [6, 6.07) is 26.9. The van der Waals surface area contributed by atoms with Crippen molar-refractivity contribution in [2.24, 2.45) is 0 Å². The summed E-state index contributed by atoms with van der Waals surface area (Å²) < 4.78 is 29.6. The van der Waals surface area contributed by atoms with E-state index in [9.17, 15) is 18.0 Å². The topological polar surface area (TPSA) is 86.8 Å². The van der Waals surface area contributed by atoms with Crippen LogP contribution >= 0.6 is 23.2 Å². The number of hydrogen-bond donors (Lipinski definition) is 1. The minimum Gasteiger partial charge on any atom is -0.352 e. The number of carbonyl (C=O) groups excluding carboxylic acids is 2. The van der Waals surface area contributed by atoms with E-state index in [0.717, 1.165) is 53.1 Å². The molecule has 0 radical (unpaired) electrons. The first-order valence-electron chi connectivity index (χ1n) is 16.3. The van der Waals surface area contributed by atoms with E-state index in [4.69, 9.17) is 23.2 Å². The van der Waals surface area contributed by atoms with E-state index < -0.39 is 28.5 Å². The monoisotopic (exact) mass is 705 g/mol. The lowest BCUT2D eigenvalue weighted by Gasteiger charge is -2.35. The number of aryl methyl sites for hydroxylation is 2. The molecule has 7 nitrogen and oxygen atoms in total. The normalized spacial score (nSPS) is 14.2. The summed E-state index contributed by atoms with van der Waals surface area (Å²) in [4.78, 5) is 30.5. The first-order valence-corrected chi connectivity index (χ1v) is 18.5. The van der Waals surface area contributed by atoms with Crippen LogP contribution in [0.5, 0.6) is 0 Å². The van der Waals surface area contributed by atoms with Crippen LogP contribution in [-0.4, -0.2) is 43.8 Å². The molecule has 0 saturated heterocycles. The fourth-order valence-corrected chi connectivity index (χ4v) is 7.96. The van der Waals surface area contributed by atoms with Gasteiger partial charge in [0.15, 0.2) is 0 Å². The van der Waals surface area contributed by atoms with Crippen molar-refractivity contribution < 1.29 is 18.0 Å². The number of sulfonamides is 1. The average molecular weight is 707 g/mol. The molecule has 1 saturated carbocycles. The molecule has 48 heavy (non-hydrogen) atoms. The van der Waals surface area contributed by atoms with Crippen LogP contribution in [0.15, 0.2) is 102 Å². The Labute approximate surface area is 293 Å². The smallest absolute Gasteiger partial charge is 0.264 e. The highest BCUT2D eigenvalue weighted by molar-refractivity contribution is 7.92. The van der Waals surface area contributed by atoms with Crippen molar-refractivity contribution in [3.8, 4) is 0 Å². The molecule has 5 rings (SSSR count). The number of amides is 2. The Morgan fingerprint density at radius 3 is 2.15 bits per heavy atom. The van der Waals surface area contributed by atoms with E-state index in [1.165, 1.54) is 17.0 Å². The molecule has 0 bridgehead atoms. The van der Waals surface area contributed by atoms with Gasteiger partial charge in [-0.3, -0.25) is 13.9 Å². The Bertz CT molecular complexity index is 1830. The van der Waals surface area contributed by atoms with Gasteiger partial charge in [0.05, 0.1) is 10.6 Å². The van der Waals surface area contributed by atoms with Gasteiger partial charge >= 0.3 is 0 Å². The lowest BCUT2D eigenvalue weighted by molar-refractivity contribution is -0.140.